The van der Waals surface area contributed by atoms with Crippen LogP contribution in [0.2, 0.25) is 0 Å². The van der Waals surface area contributed by atoms with Gasteiger partial charge < -0.3 is 14.4 Å². The molecule has 2 aromatic carbocycles. The molecule has 0 unspecified atom stereocenters. The van der Waals surface area contributed by atoms with E-state index in [0.29, 0.717) is 0 Å². The number of carbonyl (C=O) groups is 2. The fourth-order valence-corrected chi connectivity index (χ4v) is 5.59. The second kappa shape index (κ2) is 9.86. The van der Waals surface area contributed by atoms with Crippen LogP contribution in [0.3, 0.4) is 0 Å². The van der Waals surface area contributed by atoms with Gasteiger partial charge >= 0.3 is 12.2 Å². The van der Waals surface area contributed by atoms with E-state index < -0.39 is 47.4 Å². The van der Waals surface area contributed by atoms with Crippen LogP contribution in [-0.2, 0) is 9.47 Å². The van der Waals surface area contributed by atoms with Crippen LogP contribution < -0.4 is 0 Å². The molecule has 4 rings (SSSR count). The van der Waals surface area contributed by atoms with Gasteiger partial charge in [0, 0.05) is 13.5 Å². The maximum absolute atomic E-state index is 15.8. The summed E-state index contributed by atoms with van der Waals surface area (Å²) in [6.07, 6.45) is -1.45. The van der Waals surface area contributed by atoms with Gasteiger partial charge in [-0.1, -0.05) is 48.5 Å². The van der Waals surface area contributed by atoms with Gasteiger partial charge in [0.15, 0.2) is 0 Å². The molecule has 2 aliphatic rings. The van der Waals surface area contributed by atoms with Crippen molar-refractivity contribution in [3.8, 4) is 11.1 Å². The zero-order chi connectivity index (χ0) is 28.0. The molecular formula is C30H38F2N2O4. The number of hydrogen-bond acceptors (Lipinski definition) is 4. The fraction of sp³-hybridized carbons (Fsp3) is 0.533. The predicted octanol–water partition coefficient (Wildman–Crippen LogP) is 7.42. The molecule has 0 spiro atoms. The molecule has 0 aliphatic heterocycles. The number of halogens is 2. The van der Waals surface area contributed by atoms with Gasteiger partial charge in [0.05, 0.1) is 12.1 Å². The molecule has 6 nitrogen and oxygen atoms in total. The van der Waals surface area contributed by atoms with Crippen LogP contribution in [0.4, 0.5) is 18.4 Å². The highest BCUT2D eigenvalue weighted by Gasteiger charge is 2.56. The number of nitrogens with zero attached hydrogens (tertiary/aromatic N) is 2. The lowest BCUT2D eigenvalue weighted by molar-refractivity contribution is -0.131. The molecular weight excluding hydrogens is 490 g/mol. The summed E-state index contributed by atoms with van der Waals surface area (Å²) in [6.45, 7) is 10.3. The van der Waals surface area contributed by atoms with E-state index in [2.05, 4.69) is 0 Å². The van der Waals surface area contributed by atoms with Crippen LogP contribution in [-0.4, -0.2) is 58.2 Å². The molecule has 38 heavy (non-hydrogen) atoms. The molecule has 0 aromatic heterocycles. The molecule has 0 radical (unpaired) electrons. The summed E-state index contributed by atoms with van der Waals surface area (Å²) in [7, 11) is 1.33. The van der Waals surface area contributed by atoms with Crippen molar-refractivity contribution in [2.24, 2.45) is 0 Å². The van der Waals surface area contributed by atoms with Crippen LogP contribution >= 0.6 is 0 Å². The number of rotatable bonds is 3. The first-order chi connectivity index (χ1) is 17.6. The van der Waals surface area contributed by atoms with Crippen molar-refractivity contribution >= 4 is 12.2 Å². The van der Waals surface area contributed by atoms with Crippen molar-refractivity contribution in [2.75, 3.05) is 7.05 Å². The molecule has 2 aromatic rings. The van der Waals surface area contributed by atoms with Crippen molar-refractivity contribution in [2.45, 2.75) is 96.1 Å². The normalized spacial score (nSPS) is 20.8. The van der Waals surface area contributed by atoms with E-state index in [9.17, 15) is 9.59 Å². The topological polar surface area (TPSA) is 59.1 Å². The minimum atomic E-state index is -3.24. The number of likely N-dealkylation sites (N-methyl/N-ethyl adjacent to an activating group) is 1. The Morgan fingerprint density at radius 1 is 0.842 bits per heavy atom. The van der Waals surface area contributed by atoms with Gasteiger partial charge in [-0.25, -0.2) is 18.4 Å². The molecule has 1 fully saturated rings. The van der Waals surface area contributed by atoms with E-state index in [0.717, 1.165) is 27.2 Å². The fourth-order valence-electron chi connectivity index (χ4n) is 5.59. The number of carbonyl (C=O) groups excluding carboxylic acids is 2. The lowest BCUT2D eigenvalue weighted by atomic mass is 9.83. The lowest BCUT2D eigenvalue weighted by Crippen LogP contribution is -2.64. The van der Waals surface area contributed by atoms with Gasteiger partial charge in [-0.2, -0.15) is 0 Å². The average Bonchev–Trinajstić information content (AvgIpc) is 3.11. The number of ether oxygens (including phenoxy) is 2. The SMILES string of the molecule is CN(C(=O)OC(C)(C)C)[C@@H]1[C@@H](N(C(=O)OC(C)(C)C)C2c3ccccc3-c3ccccc32)CCCC1(F)F. The highest BCUT2D eigenvalue weighted by Crippen LogP contribution is 2.50. The summed E-state index contributed by atoms with van der Waals surface area (Å²) in [6, 6.07) is 12.1. The zero-order valence-corrected chi connectivity index (χ0v) is 23.3. The molecule has 2 aliphatic carbocycles. The molecule has 0 N–H and O–H groups in total. The number of alkyl halides is 2. The maximum atomic E-state index is 15.8. The van der Waals surface area contributed by atoms with E-state index in [1.807, 2.05) is 48.5 Å². The minimum absolute atomic E-state index is 0.200. The second-order valence-electron chi connectivity index (χ2n) is 12.2. The summed E-state index contributed by atoms with van der Waals surface area (Å²) >= 11 is 0. The molecule has 2 atom stereocenters. The van der Waals surface area contributed by atoms with E-state index in [1.54, 1.807) is 41.5 Å². The van der Waals surface area contributed by atoms with E-state index in [-0.39, 0.29) is 19.3 Å². The Kier molecular flexibility index (Phi) is 7.23. The van der Waals surface area contributed by atoms with Crippen molar-refractivity contribution < 1.29 is 27.8 Å². The first-order valence-corrected chi connectivity index (χ1v) is 13.1. The quantitative estimate of drug-likeness (QED) is 0.416. The Bertz CT molecular complexity index is 1160. The van der Waals surface area contributed by atoms with Crippen molar-refractivity contribution in [3.05, 3.63) is 59.7 Å². The highest BCUT2D eigenvalue weighted by molar-refractivity contribution is 5.81. The van der Waals surface area contributed by atoms with E-state index in [4.69, 9.17) is 9.47 Å². The smallest absolute Gasteiger partial charge is 0.411 e. The Morgan fingerprint density at radius 2 is 1.32 bits per heavy atom. The number of amides is 2. The van der Waals surface area contributed by atoms with Crippen LogP contribution in [0, 0.1) is 0 Å². The van der Waals surface area contributed by atoms with Gasteiger partial charge in [-0.15, -0.1) is 0 Å². The van der Waals surface area contributed by atoms with Crippen molar-refractivity contribution in [1.82, 2.24) is 9.80 Å². The van der Waals surface area contributed by atoms with Gasteiger partial charge in [0.25, 0.3) is 5.92 Å². The van der Waals surface area contributed by atoms with Crippen LogP contribution in [0.5, 0.6) is 0 Å². The summed E-state index contributed by atoms with van der Waals surface area (Å²) in [5, 5.41) is 0. The number of benzene rings is 2. The van der Waals surface area contributed by atoms with E-state index >= 15 is 8.78 Å². The summed E-state index contributed by atoms with van der Waals surface area (Å²) in [5.41, 5.74) is 1.86. The Morgan fingerprint density at radius 3 is 1.82 bits per heavy atom. The summed E-state index contributed by atoms with van der Waals surface area (Å²) in [5.74, 6) is -3.24. The molecule has 8 heteroatoms. The molecule has 0 heterocycles. The lowest BCUT2D eigenvalue weighted by Gasteiger charge is -2.48. The third-order valence-electron chi connectivity index (χ3n) is 6.95. The number of fused-ring (bicyclic) bond motifs is 3. The average molecular weight is 529 g/mol. The Hall–Kier alpha value is -3.16. The van der Waals surface area contributed by atoms with Crippen LogP contribution in [0.1, 0.15) is 78.0 Å². The Labute approximate surface area is 223 Å². The summed E-state index contributed by atoms with van der Waals surface area (Å²) < 4.78 is 42.9. The maximum Gasteiger partial charge on any atom is 0.411 e. The predicted molar refractivity (Wildman–Crippen MR) is 142 cm³/mol. The third kappa shape index (κ3) is 5.49. The minimum Gasteiger partial charge on any atom is -0.444 e. The second-order valence-corrected chi connectivity index (χ2v) is 12.2. The van der Waals surface area contributed by atoms with E-state index in [1.165, 1.54) is 11.9 Å². The number of hydrogen-bond donors (Lipinski definition) is 0. The monoisotopic (exact) mass is 528 g/mol. The Balaban J connectivity index is 1.87. The van der Waals surface area contributed by atoms with Gasteiger partial charge in [-0.05, 0) is 76.6 Å². The first-order valence-electron chi connectivity index (χ1n) is 13.1. The largest absolute Gasteiger partial charge is 0.444 e. The van der Waals surface area contributed by atoms with Crippen molar-refractivity contribution in [3.63, 3.8) is 0 Å². The first kappa shape index (κ1) is 27.9. The standard InChI is InChI=1S/C30H38F2N2O4/c1-28(2,3)37-26(35)33(7)25-23(17-12-18-30(25,31)32)34(27(36)38-29(4,5)6)24-21-15-10-8-13-19(21)20-14-9-11-16-22(20)24/h8-11,13-16,23-25H,12,17-18H2,1-7H3/t23-,25+/m0/s1. The highest BCUT2D eigenvalue weighted by atomic mass is 19.3. The van der Waals surface area contributed by atoms with Gasteiger partial charge in [-0.3, -0.25) is 4.90 Å². The van der Waals surface area contributed by atoms with Gasteiger partial charge in [0.1, 0.15) is 17.2 Å². The molecule has 206 valence electrons. The van der Waals surface area contributed by atoms with Crippen molar-refractivity contribution in [1.29, 1.82) is 0 Å². The van der Waals surface area contributed by atoms with Crippen LogP contribution in [0.15, 0.2) is 48.5 Å². The molecule has 1 saturated carbocycles. The summed E-state index contributed by atoms with van der Waals surface area (Å²) in [4.78, 5) is 29.5. The zero-order valence-electron chi connectivity index (χ0n) is 23.3. The van der Waals surface area contributed by atoms with Gasteiger partial charge in [0.2, 0.25) is 0 Å². The molecule has 0 bridgehead atoms. The third-order valence-corrected chi connectivity index (χ3v) is 6.95. The van der Waals surface area contributed by atoms with Crippen LogP contribution in [0.25, 0.3) is 11.1 Å². The molecule has 2 amide bonds. The molecule has 0 saturated heterocycles.